The van der Waals surface area contributed by atoms with E-state index in [1.807, 2.05) is 0 Å². The molecule has 2 aromatic rings. The van der Waals surface area contributed by atoms with Crippen LogP contribution in [0.15, 0.2) is 36.7 Å². The molecule has 0 bridgehead atoms. The van der Waals surface area contributed by atoms with Gasteiger partial charge in [-0.2, -0.15) is 18.3 Å². The van der Waals surface area contributed by atoms with Crippen LogP contribution in [0.2, 0.25) is 0 Å². The summed E-state index contributed by atoms with van der Waals surface area (Å²) in [4.78, 5) is 11.2. The zero-order valence-corrected chi connectivity index (χ0v) is 14.4. The van der Waals surface area contributed by atoms with E-state index < -0.39 is 18.6 Å². The molecule has 1 fully saturated rings. The molecule has 0 atom stereocenters. The van der Waals surface area contributed by atoms with Gasteiger partial charge in [0.15, 0.2) is 19.1 Å². The van der Waals surface area contributed by atoms with Crippen molar-refractivity contribution < 1.29 is 36.9 Å². The van der Waals surface area contributed by atoms with Crippen LogP contribution in [0.25, 0.3) is 0 Å². The predicted molar refractivity (Wildman–Crippen MR) is 85.5 cm³/mol. The molecule has 0 spiro atoms. The van der Waals surface area contributed by atoms with Gasteiger partial charge in [0, 0.05) is 12.3 Å². The Morgan fingerprint density at radius 2 is 1.93 bits per heavy atom. The molecule has 146 valence electrons. The Morgan fingerprint density at radius 1 is 1.26 bits per heavy atom. The Labute approximate surface area is 152 Å². The fraction of sp³-hybridized carbons (Fsp3) is 0.412. The van der Waals surface area contributed by atoms with Crippen LogP contribution in [-0.4, -0.2) is 47.3 Å². The number of Topliss-reactive ketones (excluding diaryl/α,β-unsaturated/α-hetero) is 1. The van der Waals surface area contributed by atoms with Crippen molar-refractivity contribution in [2.45, 2.75) is 25.6 Å². The van der Waals surface area contributed by atoms with Crippen molar-refractivity contribution in [2.24, 2.45) is 0 Å². The van der Waals surface area contributed by atoms with Gasteiger partial charge in [-0.3, -0.25) is 4.79 Å². The third kappa shape index (κ3) is 4.40. The summed E-state index contributed by atoms with van der Waals surface area (Å²) in [6, 6.07) is 6.12. The van der Waals surface area contributed by atoms with Crippen LogP contribution in [0.4, 0.5) is 13.2 Å². The smallest absolute Gasteiger partial charge is 0.447 e. The molecule has 1 saturated heterocycles. The van der Waals surface area contributed by atoms with E-state index >= 15 is 0 Å². The van der Waals surface area contributed by atoms with E-state index in [1.54, 1.807) is 12.1 Å². The van der Waals surface area contributed by atoms with Crippen LogP contribution in [0.3, 0.4) is 0 Å². The second-order valence-electron chi connectivity index (χ2n) is 5.81. The zero-order valence-electron chi connectivity index (χ0n) is 14.4. The number of rotatable bonds is 7. The van der Waals surface area contributed by atoms with Gasteiger partial charge in [-0.05, 0) is 19.1 Å². The average molecular weight is 386 g/mol. The summed E-state index contributed by atoms with van der Waals surface area (Å²) in [5.41, 5.74) is 0.449. The molecule has 1 aromatic heterocycles. The summed E-state index contributed by atoms with van der Waals surface area (Å²) in [6.07, 6.45) is -1.76. The molecule has 0 aliphatic carbocycles. The first-order chi connectivity index (χ1) is 12.8. The first kappa shape index (κ1) is 19.2. The maximum atomic E-state index is 13.2. The summed E-state index contributed by atoms with van der Waals surface area (Å²) in [7, 11) is 0. The van der Waals surface area contributed by atoms with Crippen LogP contribution in [0, 0.1) is 0 Å². The topological polar surface area (TPSA) is 71.8 Å². The average Bonchev–Trinajstić information content (AvgIpc) is 3.28. The van der Waals surface area contributed by atoms with Gasteiger partial charge < -0.3 is 18.9 Å². The lowest BCUT2D eigenvalue weighted by molar-refractivity contribution is -0.350. The standard InChI is InChI=1S/C17H17F3N2O5/c1-12(23)13-8-21-22(9-13)11-25-15-4-2-3-14(7-15)24-10-16(17(18,19)20)26-5-6-27-16/h2-4,7-9H,5-6,10-11H2,1H3. The van der Waals surface area contributed by atoms with E-state index in [0.717, 1.165) is 0 Å². The van der Waals surface area contributed by atoms with Crippen LogP contribution in [-0.2, 0) is 16.2 Å². The van der Waals surface area contributed by atoms with Gasteiger partial charge in [-0.15, -0.1) is 0 Å². The van der Waals surface area contributed by atoms with Crippen molar-refractivity contribution in [3.05, 3.63) is 42.2 Å². The van der Waals surface area contributed by atoms with Crippen molar-refractivity contribution in [1.82, 2.24) is 9.78 Å². The summed E-state index contributed by atoms with van der Waals surface area (Å²) in [5.74, 6) is -2.35. The van der Waals surface area contributed by atoms with Crippen molar-refractivity contribution in [3.63, 3.8) is 0 Å². The van der Waals surface area contributed by atoms with Crippen LogP contribution >= 0.6 is 0 Å². The first-order valence-electron chi connectivity index (χ1n) is 8.03. The van der Waals surface area contributed by atoms with Gasteiger partial charge in [-0.1, -0.05) is 6.07 Å². The second kappa shape index (κ2) is 7.57. The number of hydrogen-bond acceptors (Lipinski definition) is 6. The lowest BCUT2D eigenvalue weighted by atomic mass is 10.3. The van der Waals surface area contributed by atoms with E-state index in [0.29, 0.717) is 11.3 Å². The summed E-state index contributed by atoms with van der Waals surface area (Å²) < 4.78 is 61.2. The van der Waals surface area contributed by atoms with E-state index in [2.05, 4.69) is 5.10 Å². The molecule has 0 unspecified atom stereocenters. The number of alkyl halides is 3. The van der Waals surface area contributed by atoms with Crippen LogP contribution in [0.1, 0.15) is 17.3 Å². The van der Waals surface area contributed by atoms with E-state index in [1.165, 1.54) is 36.1 Å². The number of hydrogen-bond donors (Lipinski definition) is 0. The molecule has 0 saturated carbocycles. The highest BCUT2D eigenvalue weighted by Gasteiger charge is 2.61. The molecule has 1 aromatic carbocycles. The van der Waals surface area contributed by atoms with E-state index in [9.17, 15) is 18.0 Å². The maximum Gasteiger partial charge on any atom is 0.447 e. The molecule has 1 aliphatic heterocycles. The molecular weight excluding hydrogens is 369 g/mol. The molecule has 0 N–H and O–H groups in total. The molecule has 2 heterocycles. The Morgan fingerprint density at radius 3 is 2.52 bits per heavy atom. The highest BCUT2D eigenvalue weighted by atomic mass is 19.4. The molecular formula is C17H17F3N2O5. The number of nitrogens with zero attached hydrogens (tertiary/aromatic N) is 2. The third-order valence-electron chi connectivity index (χ3n) is 3.82. The molecule has 10 heteroatoms. The van der Waals surface area contributed by atoms with Crippen molar-refractivity contribution >= 4 is 5.78 Å². The SMILES string of the molecule is CC(=O)c1cnn(COc2cccc(OCC3(C(F)(F)F)OCCO3)c2)c1. The highest BCUT2D eigenvalue weighted by Crippen LogP contribution is 2.38. The number of ketones is 1. The minimum absolute atomic E-state index is 0.0233. The maximum absolute atomic E-state index is 13.2. The van der Waals surface area contributed by atoms with Gasteiger partial charge in [0.1, 0.15) is 11.5 Å². The summed E-state index contributed by atoms with van der Waals surface area (Å²) >= 11 is 0. The molecule has 7 nitrogen and oxygen atoms in total. The van der Waals surface area contributed by atoms with Crippen molar-refractivity contribution in [1.29, 1.82) is 0 Å². The molecule has 27 heavy (non-hydrogen) atoms. The number of carbonyl (C=O) groups is 1. The number of aromatic nitrogens is 2. The minimum Gasteiger partial charge on any atom is -0.487 e. The molecule has 3 rings (SSSR count). The lowest BCUT2D eigenvalue weighted by Gasteiger charge is -2.29. The number of ether oxygens (including phenoxy) is 4. The Kier molecular flexibility index (Phi) is 5.38. The largest absolute Gasteiger partial charge is 0.487 e. The van der Waals surface area contributed by atoms with Crippen LogP contribution in [0.5, 0.6) is 11.5 Å². The zero-order chi connectivity index (χ0) is 19.5. The monoisotopic (exact) mass is 386 g/mol. The third-order valence-corrected chi connectivity index (χ3v) is 3.82. The van der Waals surface area contributed by atoms with Gasteiger partial charge in [0.25, 0.3) is 0 Å². The Bertz CT molecular complexity index is 800. The van der Waals surface area contributed by atoms with Gasteiger partial charge in [0.05, 0.1) is 25.0 Å². The van der Waals surface area contributed by atoms with Gasteiger partial charge in [-0.25, -0.2) is 4.68 Å². The molecule has 0 amide bonds. The normalized spacial score (nSPS) is 16.3. The fourth-order valence-corrected chi connectivity index (χ4v) is 2.37. The second-order valence-corrected chi connectivity index (χ2v) is 5.81. The highest BCUT2D eigenvalue weighted by molar-refractivity contribution is 5.93. The van der Waals surface area contributed by atoms with Gasteiger partial charge in [0.2, 0.25) is 0 Å². The molecule has 0 radical (unpaired) electrons. The Balaban J connectivity index is 1.60. The summed E-state index contributed by atoms with van der Waals surface area (Å²) in [5, 5.41) is 3.98. The number of halogens is 3. The van der Waals surface area contributed by atoms with E-state index in [4.69, 9.17) is 18.9 Å². The minimum atomic E-state index is -4.72. The van der Waals surface area contributed by atoms with Crippen molar-refractivity contribution in [2.75, 3.05) is 19.8 Å². The fourth-order valence-electron chi connectivity index (χ4n) is 2.37. The lowest BCUT2D eigenvalue weighted by Crippen LogP contribution is -2.51. The van der Waals surface area contributed by atoms with Crippen LogP contribution < -0.4 is 9.47 Å². The van der Waals surface area contributed by atoms with Gasteiger partial charge >= 0.3 is 12.0 Å². The predicted octanol–water partition coefficient (Wildman–Crippen LogP) is 2.81. The Hall–Kier alpha value is -2.59. The summed E-state index contributed by atoms with van der Waals surface area (Å²) in [6.45, 7) is 0.307. The first-order valence-corrected chi connectivity index (χ1v) is 8.03. The molecule has 1 aliphatic rings. The number of benzene rings is 1. The quantitative estimate of drug-likeness (QED) is 0.682. The van der Waals surface area contributed by atoms with E-state index in [-0.39, 0.29) is 31.5 Å². The van der Waals surface area contributed by atoms with Crippen molar-refractivity contribution in [3.8, 4) is 11.5 Å². The number of carbonyl (C=O) groups excluding carboxylic acids is 1.